The van der Waals surface area contributed by atoms with Gasteiger partial charge in [0.2, 0.25) is 0 Å². The van der Waals surface area contributed by atoms with Gasteiger partial charge >= 0.3 is 0 Å². The molecule has 4 rings (SSSR count). The Morgan fingerprint density at radius 1 is 1.22 bits per heavy atom. The van der Waals surface area contributed by atoms with E-state index in [0.29, 0.717) is 0 Å². The van der Waals surface area contributed by atoms with Crippen molar-refractivity contribution in [1.29, 1.82) is 0 Å². The molecule has 0 radical (unpaired) electrons. The van der Waals surface area contributed by atoms with Crippen molar-refractivity contribution in [2.75, 3.05) is 7.11 Å². The van der Waals surface area contributed by atoms with Gasteiger partial charge in [0.1, 0.15) is 16.8 Å². The van der Waals surface area contributed by atoms with E-state index in [1.165, 1.54) is 0 Å². The Balaban J connectivity index is 2.34. The summed E-state index contributed by atoms with van der Waals surface area (Å²) in [6.45, 7) is 4.87. The van der Waals surface area contributed by atoms with Crippen LogP contribution in [0.15, 0.2) is 35.3 Å². The summed E-state index contributed by atoms with van der Waals surface area (Å²) in [4.78, 5) is 18.7. The number of pyridine rings is 2. The minimum atomic E-state index is -0.0543. The molecule has 4 aromatic rings. The molecule has 5 nitrogen and oxygen atoms in total. The third-order valence-corrected chi connectivity index (χ3v) is 4.55. The van der Waals surface area contributed by atoms with E-state index in [2.05, 4.69) is 21.5 Å². The molecule has 3 heterocycles. The van der Waals surface area contributed by atoms with Crippen molar-refractivity contribution < 1.29 is 9.30 Å². The smallest absolute Gasteiger partial charge is 0.288 e. The topological polar surface area (TPSA) is 61.8 Å². The highest BCUT2D eigenvalue weighted by molar-refractivity contribution is 6.10. The Morgan fingerprint density at radius 2 is 2.04 bits per heavy atom. The normalized spacial score (nSPS) is 11.6. The Bertz CT molecular complexity index is 1120. The maximum absolute atomic E-state index is 12.4. The van der Waals surface area contributed by atoms with Gasteiger partial charge in [0.25, 0.3) is 11.2 Å². The first kappa shape index (κ1) is 13.8. The zero-order chi connectivity index (χ0) is 16.1. The molecule has 0 bridgehead atoms. The van der Waals surface area contributed by atoms with Crippen molar-refractivity contribution in [2.24, 2.45) is 0 Å². The van der Waals surface area contributed by atoms with Crippen molar-refractivity contribution in [1.82, 2.24) is 9.97 Å². The lowest BCUT2D eigenvalue weighted by molar-refractivity contribution is -0.643. The monoisotopic (exact) mass is 308 g/mol. The number of fused-ring (bicyclic) bond motifs is 4. The SMILES string of the molecule is CC[n+]1c2cc[nH]c(=O)c2c(C)c2c3cc(OC)ccc3[nH]c21. The first-order chi connectivity index (χ1) is 11.2. The summed E-state index contributed by atoms with van der Waals surface area (Å²) in [5, 5.41) is 2.89. The van der Waals surface area contributed by atoms with Crippen LogP contribution in [0.1, 0.15) is 12.5 Å². The van der Waals surface area contributed by atoms with E-state index in [0.717, 1.165) is 50.7 Å². The summed E-state index contributed by atoms with van der Waals surface area (Å²) in [5.41, 5.74) is 3.95. The lowest BCUT2D eigenvalue weighted by atomic mass is 10.0. The molecule has 116 valence electrons. The summed E-state index contributed by atoms with van der Waals surface area (Å²) in [6, 6.07) is 7.93. The fourth-order valence-corrected chi connectivity index (χ4v) is 3.50. The Morgan fingerprint density at radius 3 is 2.78 bits per heavy atom. The lowest BCUT2D eigenvalue weighted by Crippen LogP contribution is -2.36. The van der Waals surface area contributed by atoms with Crippen molar-refractivity contribution in [3.05, 3.63) is 46.4 Å². The highest BCUT2D eigenvalue weighted by atomic mass is 16.5. The molecule has 0 saturated heterocycles. The third kappa shape index (κ3) is 1.79. The molecule has 0 saturated carbocycles. The molecular weight excluding hydrogens is 290 g/mol. The van der Waals surface area contributed by atoms with E-state index in [1.54, 1.807) is 13.3 Å². The number of aryl methyl sites for hydroxylation is 2. The quantitative estimate of drug-likeness (QED) is 0.559. The van der Waals surface area contributed by atoms with Gasteiger partial charge in [-0.1, -0.05) is 0 Å². The molecule has 0 aliphatic carbocycles. The van der Waals surface area contributed by atoms with Gasteiger partial charge in [-0.15, -0.1) is 0 Å². The largest absolute Gasteiger partial charge is 0.497 e. The molecule has 0 atom stereocenters. The second kappa shape index (κ2) is 4.84. The molecule has 0 fully saturated rings. The van der Waals surface area contributed by atoms with Crippen LogP contribution in [-0.2, 0) is 6.54 Å². The van der Waals surface area contributed by atoms with Crippen LogP contribution in [0.4, 0.5) is 0 Å². The van der Waals surface area contributed by atoms with Gasteiger partial charge in [-0.2, -0.15) is 0 Å². The van der Waals surface area contributed by atoms with Crippen LogP contribution in [0, 0.1) is 6.92 Å². The van der Waals surface area contributed by atoms with Crippen LogP contribution < -0.4 is 14.9 Å². The van der Waals surface area contributed by atoms with Crippen LogP contribution in [0.3, 0.4) is 0 Å². The molecule has 0 amide bonds. The molecule has 5 heteroatoms. The summed E-state index contributed by atoms with van der Waals surface area (Å²) in [6.07, 6.45) is 1.70. The third-order valence-electron chi connectivity index (χ3n) is 4.55. The number of H-pyrrole nitrogens is 2. The molecule has 0 spiro atoms. The number of benzene rings is 1. The highest BCUT2D eigenvalue weighted by Crippen LogP contribution is 2.31. The van der Waals surface area contributed by atoms with E-state index in [9.17, 15) is 4.79 Å². The first-order valence-corrected chi connectivity index (χ1v) is 7.69. The zero-order valence-corrected chi connectivity index (χ0v) is 13.4. The Kier molecular flexibility index (Phi) is 2.91. The lowest BCUT2D eigenvalue weighted by Gasteiger charge is -2.07. The van der Waals surface area contributed by atoms with Gasteiger partial charge in [0.05, 0.1) is 24.4 Å². The van der Waals surface area contributed by atoms with Gasteiger partial charge in [-0.25, -0.2) is 9.55 Å². The predicted octanol–water partition coefficient (Wildman–Crippen LogP) is 2.79. The van der Waals surface area contributed by atoms with E-state index < -0.39 is 0 Å². The average Bonchev–Trinajstić information content (AvgIpc) is 2.93. The number of hydrogen-bond acceptors (Lipinski definition) is 2. The van der Waals surface area contributed by atoms with Gasteiger partial charge < -0.3 is 9.72 Å². The van der Waals surface area contributed by atoms with Crippen LogP contribution in [0.2, 0.25) is 0 Å². The fraction of sp³-hybridized carbons (Fsp3) is 0.222. The highest BCUT2D eigenvalue weighted by Gasteiger charge is 2.22. The minimum Gasteiger partial charge on any atom is -0.497 e. The van der Waals surface area contributed by atoms with Gasteiger partial charge in [0.15, 0.2) is 0 Å². The van der Waals surface area contributed by atoms with Crippen molar-refractivity contribution in [3.8, 4) is 5.75 Å². The molecular formula is C18H18N3O2+. The number of aromatic nitrogens is 3. The van der Waals surface area contributed by atoms with Crippen LogP contribution in [0.5, 0.6) is 5.75 Å². The van der Waals surface area contributed by atoms with E-state index in [-0.39, 0.29) is 5.56 Å². The molecule has 2 N–H and O–H groups in total. The van der Waals surface area contributed by atoms with Crippen molar-refractivity contribution >= 4 is 32.8 Å². The van der Waals surface area contributed by atoms with Crippen LogP contribution in [-0.4, -0.2) is 17.1 Å². The number of ether oxygens (including phenoxy) is 1. The van der Waals surface area contributed by atoms with Crippen LogP contribution in [0.25, 0.3) is 32.8 Å². The second-order valence-electron chi connectivity index (χ2n) is 5.70. The van der Waals surface area contributed by atoms with E-state index >= 15 is 0 Å². The van der Waals surface area contributed by atoms with Gasteiger partial charge in [-0.05, 0) is 37.6 Å². The molecule has 0 aliphatic heterocycles. The Hall–Kier alpha value is -2.82. The summed E-state index contributed by atoms with van der Waals surface area (Å²) < 4.78 is 7.51. The van der Waals surface area contributed by atoms with Crippen LogP contribution >= 0.6 is 0 Å². The predicted molar refractivity (Wildman–Crippen MR) is 91.1 cm³/mol. The van der Waals surface area contributed by atoms with E-state index in [4.69, 9.17) is 4.74 Å². The van der Waals surface area contributed by atoms with Crippen molar-refractivity contribution in [3.63, 3.8) is 0 Å². The standard InChI is InChI=1S/C18H17N3O2/c1-4-21-14-7-8-19-18(22)16(14)10(2)15-12-9-11(23-3)5-6-13(12)20-17(15)21/h5-9H,4H2,1-3H3,(H,19,20,22)/p+1. The second-order valence-corrected chi connectivity index (χ2v) is 5.70. The molecule has 1 aromatic carbocycles. The summed E-state index contributed by atoms with van der Waals surface area (Å²) in [5.74, 6) is 0.808. The first-order valence-electron chi connectivity index (χ1n) is 7.69. The zero-order valence-electron chi connectivity index (χ0n) is 13.4. The number of rotatable bonds is 2. The number of methoxy groups -OCH3 is 1. The minimum absolute atomic E-state index is 0.0543. The molecule has 23 heavy (non-hydrogen) atoms. The Labute approximate surface area is 132 Å². The van der Waals surface area contributed by atoms with Gasteiger partial charge in [0, 0.05) is 17.6 Å². The maximum Gasteiger partial charge on any atom is 0.288 e. The maximum atomic E-state index is 12.4. The number of nitrogens with one attached hydrogen (secondary N) is 2. The average molecular weight is 308 g/mol. The number of aromatic amines is 2. The molecule has 0 unspecified atom stereocenters. The summed E-state index contributed by atoms with van der Waals surface area (Å²) in [7, 11) is 1.66. The van der Waals surface area contributed by atoms with E-state index in [1.807, 2.05) is 31.2 Å². The fourth-order valence-electron chi connectivity index (χ4n) is 3.50. The number of hydrogen-bond donors (Lipinski definition) is 2. The van der Waals surface area contributed by atoms with Crippen molar-refractivity contribution in [2.45, 2.75) is 20.4 Å². The molecule has 0 aliphatic rings. The summed E-state index contributed by atoms with van der Waals surface area (Å²) >= 11 is 0. The van der Waals surface area contributed by atoms with Gasteiger partial charge in [-0.3, -0.25) is 4.79 Å². The number of nitrogens with zero attached hydrogens (tertiary/aromatic N) is 1. The molecule has 3 aromatic heterocycles.